The van der Waals surface area contributed by atoms with Crippen LogP contribution >= 0.6 is 7.82 Å². The van der Waals surface area contributed by atoms with Gasteiger partial charge in [-0.15, -0.1) is 0 Å². The van der Waals surface area contributed by atoms with E-state index in [4.69, 9.17) is 9.05 Å². The van der Waals surface area contributed by atoms with E-state index in [1.165, 1.54) is 51.4 Å². The van der Waals surface area contributed by atoms with Crippen LogP contribution in [0.15, 0.2) is 36.5 Å². The summed E-state index contributed by atoms with van der Waals surface area (Å²) >= 11 is 0. The Bertz CT molecular complexity index is 977. The van der Waals surface area contributed by atoms with Gasteiger partial charge in [0.15, 0.2) is 5.78 Å². The van der Waals surface area contributed by atoms with Crippen molar-refractivity contribution in [3.05, 3.63) is 36.5 Å². The minimum absolute atomic E-state index is 0.0448. The van der Waals surface area contributed by atoms with Crippen LogP contribution in [0.4, 0.5) is 0 Å². The second kappa shape index (κ2) is 32.1. The molecule has 0 heterocycles. The molecular weight excluding hydrogens is 651 g/mol. The number of hydrogen-bond donors (Lipinski definition) is 3. The molecule has 0 bridgehead atoms. The van der Waals surface area contributed by atoms with Crippen LogP contribution in [0, 0.1) is 0 Å². The van der Waals surface area contributed by atoms with Crippen LogP contribution in [-0.4, -0.2) is 79.2 Å². The number of aliphatic hydroxyl groups excluding tert-OH is 1. The number of phosphoric ester groups is 1. The van der Waals surface area contributed by atoms with Crippen LogP contribution < -0.4 is 5.32 Å². The number of nitrogens with zero attached hydrogens (tertiary/aromatic N) is 1. The van der Waals surface area contributed by atoms with Gasteiger partial charge in [0.05, 0.1) is 39.9 Å². The van der Waals surface area contributed by atoms with E-state index in [1.807, 2.05) is 39.4 Å². The number of nitrogens with one attached hydrogen (secondary N) is 1. The third kappa shape index (κ3) is 33.5. The van der Waals surface area contributed by atoms with Gasteiger partial charge in [-0.25, -0.2) is 4.57 Å². The second-order valence-electron chi connectivity index (χ2n) is 14.7. The maximum Gasteiger partial charge on any atom is 0.472 e. The molecule has 0 aliphatic carbocycles. The van der Waals surface area contributed by atoms with Crippen molar-refractivity contribution in [2.45, 2.75) is 167 Å². The molecule has 3 N–H and O–H groups in total. The van der Waals surface area contributed by atoms with E-state index in [0.717, 1.165) is 77.0 Å². The molecule has 9 nitrogen and oxygen atoms in total. The Balaban J connectivity index is 4.59. The predicted molar refractivity (Wildman–Crippen MR) is 208 cm³/mol. The Morgan fingerprint density at radius 2 is 1.24 bits per heavy atom. The molecule has 0 fully saturated rings. The fourth-order valence-electron chi connectivity index (χ4n) is 5.31. The summed E-state index contributed by atoms with van der Waals surface area (Å²) in [6.45, 7) is 4.59. The van der Waals surface area contributed by atoms with Gasteiger partial charge in [-0.05, 0) is 44.6 Å². The fourth-order valence-corrected chi connectivity index (χ4v) is 6.05. The number of carbonyl (C=O) groups excluding carboxylic acids is 2. The third-order valence-corrected chi connectivity index (χ3v) is 9.56. The highest BCUT2D eigenvalue weighted by molar-refractivity contribution is 7.47. The molecule has 0 aliphatic heterocycles. The van der Waals surface area contributed by atoms with Gasteiger partial charge in [0.1, 0.15) is 13.2 Å². The second-order valence-corrected chi connectivity index (χ2v) is 16.1. The van der Waals surface area contributed by atoms with Crippen LogP contribution in [-0.2, 0) is 23.2 Å². The van der Waals surface area contributed by atoms with Gasteiger partial charge >= 0.3 is 7.82 Å². The van der Waals surface area contributed by atoms with E-state index in [1.54, 1.807) is 12.2 Å². The molecule has 10 heteroatoms. The van der Waals surface area contributed by atoms with Crippen LogP contribution in [0.2, 0.25) is 0 Å². The Labute approximate surface area is 306 Å². The minimum atomic E-state index is -4.35. The first-order chi connectivity index (χ1) is 23.9. The molecule has 0 aromatic rings. The Kier molecular flexibility index (Phi) is 31.0. The van der Waals surface area contributed by atoms with Crippen molar-refractivity contribution in [1.29, 1.82) is 0 Å². The van der Waals surface area contributed by atoms with E-state index < -0.39 is 20.0 Å². The summed E-state index contributed by atoms with van der Waals surface area (Å²) in [4.78, 5) is 34.7. The van der Waals surface area contributed by atoms with Crippen LogP contribution in [0.1, 0.15) is 155 Å². The number of phosphoric acid groups is 1. The van der Waals surface area contributed by atoms with E-state index in [2.05, 4.69) is 25.2 Å². The first-order valence-electron chi connectivity index (χ1n) is 19.8. The summed E-state index contributed by atoms with van der Waals surface area (Å²) in [6, 6.07) is -0.874. The number of quaternary nitrogens is 1. The molecule has 0 aromatic carbocycles. The number of carbonyl (C=O) groups is 2. The van der Waals surface area contributed by atoms with Gasteiger partial charge in [0, 0.05) is 12.8 Å². The maximum absolute atomic E-state index is 12.8. The summed E-state index contributed by atoms with van der Waals surface area (Å²) in [5.74, 6) is -0.0385. The molecule has 0 radical (unpaired) electrons. The van der Waals surface area contributed by atoms with Crippen molar-refractivity contribution in [3.8, 4) is 0 Å². The zero-order valence-corrected chi connectivity index (χ0v) is 33.5. The van der Waals surface area contributed by atoms with Crippen LogP contribution in [0.5, 0.6) is 0 Å². The molecule has 292 valence electrons. The molecule has 0 spiro atoms. The van der Waals surface area contributed by atoms with Gasteiger partial charge in [0.25, 0.3) is 0 Å². The number of aliphatic hydroxyl groups is 1. The lowest BCUT2D eigenvalue weighted by atomic mass is 10.1. The van der Waals surface area contributed by atoms with Gasteiger partial charge in [-0.3, -0.25) is 18.6 Å². The Morgan fingerprint density at radius 3 is 1.84 bits per heavy atom. The molecule has 1 amide bonds. The predicted octanol–water partition coefficient (Wildman–Crippen LogP) is 9.53. The molecule has 50 heavy (non-hydrogen) atoms. The van der Waals surface area contributed by atoms with Crippen LogP contribution in [0.25, 0.3) is 0 Å². The van der Waals surface area contributed by atoms with E-state index in [-0.39, 0.29) is 24.9 Å². The molecule has 0 aromatic heterocycles. The molecule has 1 unspecified atom stereocenters. The molecule has 0 saturated carbocycles. The zero-order chi connectivity index (χ0) is 37.4. The van der Waals surface area contributed by atoms with Crippen molar-refractivity contribution >= 4 is 19.5 Å². The van der Waals surface area contributed by atoms with Crippen LogP contribution in [0.3, 0.4) is 0 Å². The average Bonchev–Trinajstić information content (AvgIpc) is 3.05. The molecular formula is C40H76N2O7P+. The topological polar surface area (TPSA) is 122 Å². The monoisotopic (exact) mass is 728 g/mol. The summed E-state index contributed by atoms with van der Waals surface area (Å²) in [5, 5.41) is 13.7. The van der Waals surface area contributed by atoms with E-state index >= 15 is 0 Å². The van der Waals surface area contributed by atoms with Crippen molar-refractivity contribution in [2.75, 3.05) is 40.9 Å². The highest BCUT2D eigenvalue weighted by atomic mass is 31.2. The fraction of sp³-hybridized carbons (Fsp3) is 0.800. The van der Waals surface area contributed by atoms with Gasteiger partial charge < -0.3 is 19.8 Å². The zero-order valence-electron chi connectivity index (χ0n) is 32.6. The standard InChI is InChI=1S/C40H75N2O7P/c1-6-8-10-11-12-13-14-15-18-21-24-28-32-39(44)38(36-49-50(46,47)48-35-34-42(3,4)5)41-40(45)33-29-25-22-19-16-17-20-23-27-31-37(43)30-26-9-7-2/h20,23,27-28,31-32,38-39,44H,6-19,21-22,24-26,29-30,33-36H2,1-5H3,(H-,41,45,46,47)/p+1/b23-20-,31-27+,32-28+/t38-,39+/m0/s1. The lowest BCUT2D eigenvalue weighted by Crippen LogP contribution is -2.45. The van der Waals surface area contributed by atoms with E-state index in [0.29, 0.717) is 23.9 Å². The number of rotatable bonds is 35. The number of likely N-dealkylation sites (N-methyl/N-ethyl adjacent to an activating group) is 1. The molecule has 3 atom stereocenters. The van der Waals surface area contributed by atoms with Gasteiger partial charge in [-0.2, -0.15) is 0 Å². The normalized spacial score (nSPS) is 14.9. The lowest BCUT2D eigenvalue weighted by Gasteiger charge is -2.25. The number of hydrogen-bond acceptors (Lipinski definition) is 6. The Morgan fingerprint density at radius 1 is 0.720 bits per heavy atom. The number of ketones is 1. The van der Waals surface area contributed by atoms with E-state index in [9.17, 15) is 24.2 Å². The first kappa shape index (κ1) is 48.4. The lowest BCUT2D eigenvalue weighted by molar-refractivity contribution is -0.870. The smallest absolute Gasteiger partial charge is 0.387 e. The molecule has 0 rings (SSSR count). The Hall–Kier alpha value is -1.61. The third-order valence-electron chi connectivity index (χ3n) is 8.58. The van der Waals surface area contributed by atoms with Gasteiger partial charge in [-0.1, -0.05) is 134 Å². The molecule has 0 aliphatic rings. The average molecular weight is 728 g/mol. The maximum atomic E-state index is 12.8. The number of unbranched alkanes of at least 4 members (excludes halogenated alkanes) is 17. The molecule has 0 saturated heterocycles. The quantitative estimate of drug-likeness (QED) is 0.0148. The number of allylic oxidation sites excluding steroid dienone is 5. The van der Waals surface area contributed by atoms with Crippen molar-refractivity contribution in [3.63, 3.8) is 0 Å². The first-order valence-corrected chi connectivity index (χ1v) is 21.3. The van der Waals surface area contributed by atoms with Crippen molar-refractivity contribution in [2.24, 2.45) is 0 Å². The largest absolute Gasteiger partial charge is 0.472 e. The van der Waals surface area contributed by atoms with Crippen molar-refractivity contribution < 1.29 is 37.7 Å². The SMILES string of the molecule is CCCCCCCCCCCC/C=C/[C@@H](O)[C@H](COP(=O)(O)OCC[N+](C)(C)C)NC(=O)CCCCCCC/C=C\C=C\C(=O)CCCCC. The van der Waals surface area contributed by atoms with Crippen molar-refractivity contribution in [1.82, 2.24) is 5.32 Å². The number of amides is 1. The summed E-state index contributed by atoms with van der Waals surface area (Å²) in [5.41, 5.74) is 0. The highest BCUT2D eigenvalue weighted by Gasteiger charge is 2.27. The summed E-state index contributed by atoms with van der Waals surface area (Å²) < 4.78 is 23.4. The summed E-state index contributed by atoms with van der Waals surface area (Å²) in [7, 11) is 1.51. The minimum Gasteiger partial charge on any atom is -0.387 e. The van der Waals surface area contributed by atoms with Gasteiger partial charge in [0.2, 0.25) is 5.91 Å². The highest BCUT2D eigenvalue weighted by Crippen LogP contribution is 2.43. The summed E-state index contributed by atoms with van der Waals surface area (Å²) in [6.07, 6.45) is 33.2.